The van der Waals surface area contributed by atoms with Gasteiger partial charge in [-0.15, -0.1) is 0 Å². The number of benzene rings is 1. The van der Waals surface area contributed by atoms with Crippen molar-refractivity contribution in [1.29, 1.82) is 0 Å². The van der Waals surface area contributed by atoms with E-state index in [-0.39, 0.29) is 25.3 Å². The molecule has 1 aromatic heterocycles. The molecule has 2 aromatic rings. The van der Waals surface area contributed by atoms with Gasteiger partial charge in [-0.05, 0) is 30.2 Å². The van der Waals surface area contributed by atoms with Gasteiger partial charge in [0.1, 0.15) is 23.7 Å². The van der Waals surface area contributed by atoms with Gasteiger partial charge in [0, 0.05) is 6.20 Å². The molecule has 1 saturated heterocycles. The van der Waals surface area contributed by atoms with Gasteiger partial charge in [-0.3, -0.25) is 13.9 Å². The third-order valence-corrected chi connectivity index (χ3v) is 5.85. The van der Waals surface area contributed by atoms with Crippen LogP contribution in [0.4, 0.5) is 5.82 Å². The smallest absolute Gasteiger partial charge is 0.404 e. The molecule has 162 valence electrons. The van der Waals surface area contributed by atoms with E-state index in [2.05, 4.69) is 9.72 Å². The zero-order chi connectivity index (χ0) is 21.7. The molecule has 1 aliphatic rings. The highest BCUT2D eigenvalue weighted by Gasteiger charge is 2.34. The van der Waals surface area contributed by atoms with Crippen LogP contribution in [-0.4, -0.2) is 47.7 Å². The summed E-state index contributed by atoms with van der Waals surface area (Å²) in [6.07, 6.45) is 1.06. The van der Waals surface area contributed by atoms with Crippen LogP contribution in [0, 0.1) is 0 Å². The minimum absolute atomic E-state index is 0.0137. The highest BCUT2D eigenvalue weighted by atomic mass is 31.2. The third-order valence-electron chi connectivity index (χ3n) is 4.35. The molecule has 0 bridgehead atoms. The average Bonchev–Trinajstić information content (AvgIpc) is 2.72. The molecule has 12 heteroatoms. The Morgan fingerprint density at radius 2 is 2.10 bits per heavy atom. The molecule has 1 aliphatic heterocycles. The molecule has 30 heavy (non-hydrogen) atoms. The van der Waals surface area contributed by atoms with E-state index in [0.717, 1.165) is 5.56 Å². The second kappa shape index (κ2) is 9.40. The summed E-state index contributed by atoms with van der Waals surface area (Å²) in [5, 5.41) is 0. The lowest BCUT2D eigenvalue weighted by molar-refractivity contribution is -0.142. The van der Waals surface area contributed by atoms with E-state index in [1.165, 1.54) is 23.9 Å². The number of carbonyl (C=O) groups is 1. The number of rotatable bonds is 7. The predicted molar refractivity (Wildman–Crippen MR) is 107 cm³/mol. The molecule has 0 radical (unpaired) electrons. The van der Waals surface area contributed by atoms with Crippen molar-refractivity contribution in [3.8, 4) is 5.75 Å². The lowest BCUT2D eigenvalue weighted by atomic mass is 10.1. The summed E-state index contributed by atoms with van der Waals surface area (Å²) in [6, 6.07) is 7.36. The highest BCUT2D eigenvalue weighted by Crippen LogP contribution is 2.50. The summed E-state index contributed by atoms with van der Waals surface area (Å²) in [5.74, 6) is -0.0397. The van der Waals surface area contributed by atoms with Gasteiger partial charge in [-0.25, -0.2) is 9.36 Å². The van der Waals surface area contributed by atoms with Gasteiger partial charge in [0.15, 0.2) is 6.35 Å². The summed E-state index contributed by atoms with van der Waals surface area (Å²) < 4.78 is 35.2. The van der Waals surface area contributed by atoms with E-state index in [1.807, 2.05) is 0 Å². The number of esters is 1. The Kier molecular flexibility index (Phi) is 6.88. The molecule has 3 rings (SSSR count). The fourth-order valence-electron chi connectivity index (χ4n) is 2.77. The van der Waals surface area contributed by atoms with Crippen LogP contribution in [0.1, 0.15) is 5.56 Å². The summed E-state index contributed by atoms with van der Waals surface area (Å²) in [7, 11) is -2.23. The Labute approximate surface area is 172 Å². The maximum absolute atomic E-state index is 12.8. The first-order valence-electron chi connectivity index (χ1n) is 9.08. The second-order valence-corrected chi connectivity index (χ2v) is 8.60. The average molecular weight is 438 g/mol. The number of carbonyl (C=O) groups excluding carboxylic acids is 1. The normalized spacial score (nSPS) is 22.3. The molecule has 1 fully saturated rings. The molecule has 0 amide bonds. The van der Waals surface area contributed by atoms with Crippen LogP contribution in [0.5, 0.6) is 5.75 Å². The second-order valence-electron chi connectivity index (χ2n) is 6.68. The minimum atomic E-state index is -3.50. The Morgan fingerprint density at radius 3 is 2.70 bits per heavy atom. The number of aromatic nitrogens is 2. The predicted octanol–water partition coefficient (Wildman–Crippen LogP) is 0.513. The number of nitrogen functional groups attached to an aromatic ring is 1. The number of hydrogen-bond acceptors (Lipinski definition) is 10. The van der Waals surface area contributed by atoms with E-state index >= 15 is 0 Å². The van der Waals surface area contributed by atoms with E-state index in [4.69, 9.17) is 25.3 Å². The van der Waals surface area contributed by atoms with Crippen LogP contribution < -0.4 is 21.7 Å². The molecule has 0 aliphatic carbocycles. The van der Waals surface area contributed by atoms with Gasteiger partial charge in [0.25, 0.3) is 0 Å². The summed E-state index contributed by atoms with van der Waals surface area (Å²) >= 11 is 0. The lowest BCUT2D eigenvalue weighted by Gasteiger charge is -2.29. The topological polar surface area (TPSA) is 158 Å². The fourth-order valence-corrected chi connectivity index (χ4v) is 4.18. The van der Waals surface area contributed by atoms with Crippen LogP contribution in [0.3, 0.4) is 0 Å². The quantitative estimate of drug-likeness (QED) is 0.461. The van der Waals surface area contributed by atoms with E-state index in [9.17, 15) is 14.2 Å². The molecule has 0 spiro atoms. The van der Waals surface area contributed by atoms with Crippen molar-refractivity contribution in [2.45, 2.75) is 25.1 Å². The summed E-state index contributed by atoms with van der Waals surface area (Å²) in [4.78, 5) is 26.8. The number of nitrogens with zero attached hydrogens (tertiary/aromatic N) is 2. The van der Waals surface area contributed by atoms with Crippen LogP contribution in [0.2, 0.25) is 0 Å². The van der Waals surface area contributed by atoms with Crippen molar-refractivity contribution in [2.24, 2.45) is 5.73 Å². The molecule has 1 aromatic carbocycles. The van der Waals surface area contributed by atoms with Gasteiger partial charge >= 0.3 is 19.3 Å². The Bertz CT molecular complexity index is 983. The number of ether oxygens (including phenoxy) is 2. The maximum Gasteiger partial charge on any atom is 0.404 e. The van der Waals surface area contributed by atoms with Crippen LogP contribution >= 0.6 is 7.60 Å². The van der Waals surface area contributed by atoms with Crippen molar-refractivity contribution in [1.82, 2.24) is 9.55 Å². The zero-order valence-electron chi connectivity index (χ0n) is 16.3. The molecule has 0 saturated carbocycles. The molecule has 3 atom stereocenters. The first-order valence-corrected chi connectivity index (χ1v) is 10.8. The molecule has 11 nitrogen and oxygen atoms in total. The third kappa shape index (κ3) is 5.67. The van der Waals surface area contributed by atoms with Crippen molar-refractivity contribution in [2.75, 3.05) is 25.8 Å². The zero-order valence-corrected chi connectivity index (χ0v) is 17.2. The molecular weight excluding hydrogens is 415 g/mol. The Balaban J connectivity index is 1.53. The number of hydrogen-bond donors (Lipinski definition) is 2. The molecular formula is C18H23N4O7P. The minimum Gasteiger partial charge on any atom is -0.468 e. The molecule has 0 unspecified atom stereocenters. The van der Waals surface area contributed by atoms with Crippen molar-refractivity contribution in [3.05, 3.63) is 52.6 Å². The standard InChI is InChI=1S/C18H23N4O7P/c1-26-17(23)15(19)8-12-2-4-13(5-3-12)29-30(25)11-27-14(10-28-30)9-22-7-6-16(20)21-18(22)24/h2-7,14-15H,8-11,19H2,1H3,(H2,20,21,24)/t14-,15+,30-/m0/s1. The largest absolute Gasteiger partial charge is 0.468 e. The maximum atomic E-state index is 12.8. The number of anilines is 1. The summed E-state index contributed by atoms with van der Waals surface area (Å²) in [5.41, 5.74) is 11.5. The number of methoxy groups -OCH3 is 1. The fraction of sp³-hybridized carbons (Fsp3) is 0.389. The van der Waals surface area contributed by atoms with Crippen LogP contribution in [0.25, 0.3) is 0 Å². The van der Waals surface area contributed by atoms with Crippen molar-refractivity contribution < 1.29 is 27.9 Å². The van der Waals surface area contributed by atoms with Gasteiger partial charge in [-0.2, -0.15) is 4.98 Å². The van der Waals surface area contributed by atoms with Gasteiger partial charge in [-0.1, -0.05) is 12.1 Å². The van der Waals surface area contributed by atoms with Gasteiger partial charge < -0.3 is 25.5 Å². The van der Waals surface area contributed by atoms with E-state index < -0.39 is 31.4 Å². The monoisotopic (exact) mass is 438 g/mol. The SMILES string of the molecule is COC(=O)[C@H](N)Cc1ccc(O[P@]2(=O)CO[C@@H](Cn3ccc(N)nc3=O)CO2)cc1. The van der Waals surface area contributed by atoms with Crippen molar-refractivity contribution >= 4 is 19.4 Å². The van der Waals surface area contributed by atoms with Crippen LogP contribution in [-0.2, 0) is 36.3 Å². The van der Waals surface area contributed by atoms with Gasteiger partial charge in [0.05, 0.1) is 20.3 Å². The van der Waals surface area contributed by atoms with E-state index in [0.29, 0.717) is 12.2 Å². The first-order chi connectivity index (χ1) is 14.3. The molecule has 4 N–H and O–H groups in total. The van der Waals surface area contributed by atoms with Crippen molar-refractivity contribution in [3.63, 3.8) is 0 Å². The number of nitrogens with two attached hydrogens (primary N) is 2. The Hall–Kier alpha value is -2.72. The Morgan fingerprint density at radius 1 is 1.37 bits per heavy atom. The summed E-state index contributed by atoms with van der Waals surface area (Å²) in [6.45, 7) is 0.168. The lowest BCUT2D eigenvalue weighted by Crippen LogP contribution is -2.35. The molecule has 2 heterocycles. The van der Waals surface area contributed by atoms with Crippen LogP contribution in [0.15, 0.2) is 41.3 Å². The first kappa shape index (κ1) is 22.0. The van der Waals surface area contributed by atoms with Gasteiger partial charge in [0.2, 0.25) is 0 Å². The van der Waals surface area contributed by atoms with E-state index in [1.54, 1.807) is 24.3 Å². The highest BCUT2D eigenvalue weighted by molar-refractivity contribution is 7.54.